The second-order valence-corrected chi connectivity index (χ2v) is 31.9. The summed E-state index contributed by atoms with van der Waals surface area (Å²) < 4.78 is 197. The van der Waals surface area contributed by atoms with Gasteiger partial charge in [-0.25, -0.2) is 28.2 Å². The van der Waals surface area contributed by atoms with Crippen LogP contribution in [0.3, 0.4) is 0 Å². The molecule has 7 aromatic carbocycles. The molecule has 2 aromatic heterocycles. The molecule has 0 bridgehead atoms. The molecular formula is C62H55O39P6S6W9-19. The molecule has 0 fully saturated rings. The first-order chi connectivity index (χ1) is 47.4. The number of aromatic carboxylic acids is 3. The number of rotatable bonds is 16. The molecule has 2 heterocycles. The van der Waals surface area contributed by atoms with Crippen LogP contribution in [0.1, 0.15) is 30.4 Å². The first-order valence-corrected chi connectivity index (χ1v) is 41.3. The van der Waals surface area contributed by atoms with Crippen LogP contribution in [0.4, 0.5) is 0 Å². The fourth-order valence-corrected chi connectivity index (χ4v) is 11.5. The smallest absolute Gasteiger partial charge is 0.816 e. The number of carboxylic acids is 3. The first kappa shape index (κ1) is 164. The van der Waals surface area contributed by atoms with Crippen LogP contribution in [0.2, 0.25) is 0 Å². The van der Waals surface area contributed by atoms with Crippen molar-refractivity contribution in [2.75, 3.05) is 0 Å². The van der Waals surface area contributed by atoms with E-state index in [-0.39, 0.29) is 293 Å². The number of hydrogen-bond acceptors (Lipinski definition) is 41. The summed E-state index contributed by atoms with van der Waals surface area (Å²) in [4.78, 5) is 152. The Balaban J connectivity index is -0.0000000615. The van der Waals surface area contributed by atoms with Gasteiger partial charge >= 0.3 is 190 Å². The summed E-state index contributed by atoms with van der Waals surface area (Å²) in [6, 6.07) is 47.9. The summed E-state index contributed by atoms with van der Waals surface area (Å²) in [5.74, 6) is -5.01. The van der Waals surface area contributed by atoms with Crippen LogP contribution in [0.15, 0.2) is 188 Å². The van der Waals surface area contributed by atoms with E-state index in [4.69, 9.17) is 0 Å². The summed E-state index contributed by atoms with van der Waals surface area (Å²) in [5.41, 5.74) is -0.451. The SMILES string of the molecule is O=C([O-])c1[c-]ccs1.O=C([O-])c1c[c-]cc(C(=O)[O-])c1.O=P([O-])([O-])Oc1c[c-]cc(OP(=O)([O-])[O-])c1.O=P([O-])([O-])Oc1cc[c-]cc1.O=P([O-])([O-])c1c[c-]cc(P(=O)([O-])[O-])c1.O=P([O-])([O-])c1cc[c-]cc1.O=S(=O)([O-])c1[c-]scc1.O=S(=O)([O-])c1c[c-]cc(S(=O)(=O)[O-])c1.O=S(=O)([O-])c1cc[c-]cc1.[CH3-].[CH3-].[CH3-].[CH3-].[CH3-].[CH3-].[CH3-].[CH3-].[CH3-].[W+2].[W+2].[W+2].[W+2].[W+2].[W+2].[W+2].[W+2].[W+2]. The van der Waals surface area contributed by atoms with Gasteiger partial charge in [-0.05, 0) is 5.97 Å². The third-order valence-corrected chi connectivity index (χ3v) is 18.2. The quantitative estimate of drug-likeness (QED) is 0.0500. The van der Waals surface area contributed by atoms with Crippen LogP contribution in [-0.2, 0) is 257 Å². The monoisotopic (exact) mass is 3460 g/mol. The molecule has 9 aromatic rings. The summed E-state index contributed by atoms with van der Waals surface area (Å²) in [6.07, 6.45) is 0. The number of carboxylic acid groups (broad SMARTS) is 3. The molecule has 0 N–H and O–H groups in total. The van der Waals surface area contributed by atoms with E-state index in [0.29, 0.717) is 12.1 Å². The first-order valence-electron chi connectivity index (χ1n) is 24.9. The molecule has 0 unspecified atom stereocenters. The van der Waals surface area contributed by atoms with E-state index in [0.717, 1.165) is 83.3 Å². The molecule has 0 aliphatic rings. The Morgan fingerprint density at radius 3 is 0.877 bits per heavy atom. The fraction of sp³-hybridized carbons (Fsp3) is 0. The number of carbonyl (C=O) groups excluding carboxylic acids is 3. The van der Waals surface area contributed by atoms with Gasteiger partial charge in [-0.1, -0.05) is 53.3 Å². The van der Waals surface area contributed by atoms with E-state index < -0.39 is 137 Å². The molecule has 0 aliphatic carbocycles. The fourth-order valence-electron chi connectivity index (χ4n) is 5.35. The Labute approximate surface area is 845 Å². The molecular weight excluding hydrogens is 3400 g/mol. The van der Waals surface area contributed by atoms with Gasteiger partial charge in [0, 0.05) is 29.2 Å². The summed E-state index contributed by atoms with van der Waals surface area (Å²) in [7, 11) is -48.1. The van der Waals surface area contributed by atoms with Crippen LogP contribution in [0.25, 0.3) is 0 Å². The standard InChI is InChI=1S/C8H5O4.C6H7O8P2.C6H7O6P2.C6H5O6S2.C6H6O4P.C6H6O3P.C6H5O3S.C5H3O2S.C4H3O3S2.9CH3.9W/c9-7(10)5-2-1-3-6(4-5)8(11)12;7-15(8,9)13-5-2-1-3-6(4-5)14-16(10,11)12;2*7-13(8,9)5-2-1-3-6(4-5)14(10,11)12;7-11(8,9)10-6-4-2-1-3-5-6;2*7-10(8,9)6-4-2-1-3-5-6;6-5(7)4-2-1-3-8-4;5-9(6,7)4-1-2-8-3-4;;;;;;;;;;;;;;;;;;/h2-4H,(H,9,10)(H,11,12);2-4H,(H2,7,8,9)(H2,10,11,12);2-4H,(H2,7,8,9)(H2,10,11,12);2-4H,(H,7,8,9)(H,10,11,12);2-5H,(H2,7,8,9);2-5H,(H2,7,8,9);2-5H,(H,7,8,9);1,3H,(H,6,7);1-2H,(H,5,6,7);9*1H3;;;;;;;;;/q18*-1;9*+2/p-19. The number of phosphoric ester groups is 3. The molecule has 122 heavy (non-hydrogen) atoms. The number of thiophene rings is 2. The Morgan fingerprint density at radius 1 is 0.320 bits per heavy atom. The number of benzene rings is 7. The minimum absolute atomic E-state index is 0. The van der Waals surface area contributed by atoms with Gasteiger partial charge in [0.15, 0.2) is 0 Å². The third-order valence-electron chi connectivity index (χ3n) is 9.40. The van der Waals surface area contributed by atoms with Crippen molar-refractivity contribution < 1.29 is 371 Å². The van der Waals surface area contributed by atoms with Crippen molar-refractivity contribution in [1.82, 2.24) is 0 Å². The minimum Gasteiger partial charge on any atom is -0.816 e. The summed E-state index contributed by atoms with van der Waals surface area (Å²) >= 11 is 2.18. The maximum atomic E-state index is 10.5. The normalized spacial score (nSPS) is 9.77. The molecule has 0 aliphatic heterocycles. The zero-order chi connectivity index (χ0) is 79.9. The van der Waals surface area contributed by atoms with Gasteiger partial charge in [-0.3, -0.25) is 16.8 Å². The number of hydrogen-bond donors (Lipinski definition) is 0. The van der Waals surface area contributed by atoms with E-state index in [2.05, 4.69) is 67.5 Å². The van der Waals surface area contributed by atoms with E-state index in [1.165, 1.54) is 84.2 Å². The van der Waals surface area contributed by atoms with Crippen molar-refractivity contribution in [3.63, 3.8) is 0 Å². The number of carbonyl (C=O) groups is 3. The molecule has 0 amide bonds. The maximum Gasteiger partial charge on any atom is 2.00 e. The van der Waals surface area contributed by atoms with Crippen LogP contribution < -0.4 is 104 Å². The Kier molecular flexibility index (Phi) is 102. The second-order valence-electron chi connectivity index (χ2n) is 17.1. The molecule has 0 radical (unpaired) electrons. The topological polar surface area (TPSA) is 756 Å². The average Bonchev–Trinajstić information content (AvgIpc) is 0.881. The van der Waals surface area contributed by atoms with Gasteiger partial charge in [0.2, 0.25) is 0 Å². The zero-order valence-corrected chi connectivity index (χ0v) is 99.1. The van der Waals surface area contributed by atoms with Crippen molar-refractivity contribution in [1.29, 1.82) is 0 Å². The van der Waals surface area contributed by atoms with Gasteiger partial charge in [-0.2, -0.15) is 175 Å². The van der Waals surface area contributed by atoms with Gasteiger partial charge in [-0.15, -0.1) is 68.1 Å². The van der Waals surface area contributed by atoms with E-state index >= 15 is 0 Å². The van der Waals surface area contributed by atoms with Crippen LogP contribution in [-0.4, -0.2) is 69.8 Å². The molecule has 0 spiro atoms. The van der Waals surface area contributed by atoms with Crippen molar-refractivity contribution >= 4 is 143 Å². The molecule has 0 atom stereocenters. The predicted molar refractivity (Wildman–Crippen MR) is 372 cm³/mol. The van der Waals surface area contributed by atoms with Crippen molar-refractivity contribution in [2.45, 2.75) is 19.6 Å². The van der Waals surface area contributed by atoms with E-state index in [9.17, 15) is 168 Å². The number of phosphoric acid groups is 3. The summed E-state index contributed by atoms with van der Waals surface area (Å²) in [6.45, 7) is 0. The molecule has 9 rings (SSSR count). The molecule has 0 saturated carbocycles. The predicted octanol–water partition coefficient (Wildman–Crippen LogP) is -4.52. The van der Waals surface area contributed by atoms with Crippen molar-refractivity contribution in [3.05, 3.63) is 305 Å². The van der Waals surface area contributed by atoms with Crippen LogP contribution >= 0.6 is 68.9 Å². The Hall–Kier alpha value is -1.52. The van der Waals surface area contributed by atoms with Crippen molar-refractivity contribution in [3.8, 4) is 17.2 Å². The average molecular weight is 3460 g/mol. The molecule has 60 heteroatoms. The third kappa shape index (κ3) is 77.3. The molecule has 39 nitrogen and oxygen atoms in total. The largest absolute Gasteiger partial charge is 2.00 e. The van der Waals surface area contributed by atoms with Crippen molar-refractivity contribution in [2.24, 2.45) is 0 Å². The van der Waals surface area contributed by atoms with E-state index in [1.807, 2.05) is 0 Å². The zero-order valence-electron chi connectivity index (χ0n) is 62.4. The van der Waals surface area contributed by atoms with Gasteiger partial charge in [0.25, 0.3) is 0 Å². The van der Waals surface area contributed by atoms with Crippen LogP contribution in [0.5, 0.6) is 17.2 Å². The maximum absolute atomic E-state index is 10.5. The summed E-state index contributed by atoms with van der Waals surface area (Å²) in [5, 5.41) is 34.1. The minimum atomic E-state index is -5.26. The van der Waals surface area contributed by atoms with Gasteiger partial charge < -0.3 is 226 Å². The Morgan fingerprint density at radius 2 is 0.631 bits per heavy atom. The molecule has 0 saturated heterocycles. The molecule has 676 valence electrons. The van der Waals surface area contributed by atoms with E-state index in [1.54, 1.807) is 11.4 Å². The van der Waals surface area contributed by atoms with Gasteiger partial charge in [0.1, 0.15) is 28.1 Å². The van der Waals surface area contributed by atoms with Gasteiger partial charge in [0.05, 0.1) is 35.9 Å². The Bertz CT molecular complexity index is 4930. The van der Waals surface area contributed by atoms with Crippen LogP contribution in [0, 0.1) is 121 Å². The second kappa shape index (κ2) is 76.1.